The number of benzene rings is 1. The average molecular weight is 347 g/mol. The summed E-state index contributed by atoms with van der Waals surface area (Å²) in [6, 6.07) is 7.80. The molecule has 0 heterocycles. The molecule has 0 atom stereocenters. The first kappa shape index (κ1) is 16.4. The van der Waals surface area contributed by atoms with E-state index in [1.54, 1.807) is 0 Å². The van der Waals surface area contributed by atoms with Crippen LogP contribution >= 0.6 is 28.1 Å². The predicted molar refractivity (Wildman–Crippen MR) is 85.4 cm³/mol. The molecule has 0 aliphatic heterocycles. The van der Waals surface area contributed by atoms with Crippen LogP contribution in [0.3, 0.4) is 0 Å². The van der Waals surface area contributed by atoms with Crippen molar-refractivity contribution in [2.75, 3.05) is 25.1 Å². The van der Waals surface area contributed by atoms with Gasteiger partial charge in [0, 0.05) is 23.4 Å². The molecule has 0 aromatic heterocycles. The van der Waals surface area contributed by atoms with Crippen LogP contribution in [0.4, 0.5) is 5.69 Å². The molecule has 0 saturated heterocycles. The van der Waals surface area contributed by atoms with Crippen LogP contribution in [-0.2, 0) is 9.47 Å². The summed E-state index contributed by atoms with van der Waals surface area (Å²) >= 11 is 8.63. The van der Waals surface area contributed by atoms with Crippen molar-refractivity contribution in [1.29, 1.82) is 0 Å². The van der Waals surface area contributed by atoms with Gasteiger partial charge in [0.2, 0.25) is 0 Å². The van der Waals surface area contributed by atoms with E-state index in [1.807, 2.05) is 38.1 Å². The molecule has 0 aliphatic carbocycles. The molecule has 4 nitrogen and oxygen atoms in total. The van der Waals surface area contributed by atoms with Gasteiger partial charge in [-0.3, -0.25) is 0 Å². The lowest BCUT2D eigenvalue weighted by molar-refractivity contribution is -0.130. The van der Waals surface area contributed by atoms with Gasteiger partial charge in [0.15, 0.2) is 11.4 Å². The summed E-state index contributed by atoms with van der Waals surface area (Å²) in [5.74, 6) is 0. The highest BCUT2D eigenvalue weighted by Gasteiger charge is 2.08. The van der Waals surface area contributed by atoms with Gasteiger partial charge in [-0.25, -0.2) is 0 Å². The quantitative estimate of drug-likeness (QED) is 0.586. The number of thiocarbonyl (C=S) groups is 1. The van der Waals surface area contributed by atoms with Crippen LogP contribution in [0.2, 0.25) is 0 Å². The van der Waals surface area contributed by atoms with E-state index < -0.39 is 0 Å². The summed E-state index contributed by atoms with van der Waals surface area (Å²) in [5.41, 5.74) is 0.927. The van der Waals surface area contributed by atoms with Crippen molar-refractivity contribution in [3.05, 3.63) is 28.7 Å². The van der Waals surface area contributed by atoms with Crippen LogP contribution in [0.5, 0.6) is 0 Å². The zero-order valence-electron chi connectivity index (χ0n) is 11.1. The third-order valence-electron chi connectivity index (χ3n) is 2.22. The summed E-state index contributed by atoms with van der Waals surface area (Å²) in [5, 5.41) is 6.72. The highest BCUT2D eigenvalue weighted by molar-refractivity contribution is 9.10. The maximum Gasteiger partial charge on any atom is 0.174 e. The highest BCUT2D eigenvalue weighted by atomic mass is 79.9. The Morgan fingerprint density at radius 1 is 1.32 bits per heavy atom. The van der Waals surface area contributed by atoms with Gasteiger partial charge in [-0.2, -0.15) is 0 Å². The van der Waals surface area contributed by atoms with Gasteiger partial charge in [0.25, 0.3) is 0 Å². The highest BCUT2D eigenvalue weighted by Crippen LogP contribution is 2.15. The van der Waals surface area contributed by atoms with Crippen LogP contribution in [0, 0.1) is 0 Å². The van der Waals surface area contributed by atoms with Gasteiger partial charge in [-0.05, 0) is 44.3 Å². The third-order valence-corrected chi connectivity index (χ3v) is 2.96. The zero-order valence-corrected chi connectivity index (χ0v) is 13.5. The molecule has 0 unspecified atom stereocenters. The van der Waals surface area contributed by atoms with Crippen molar-refractivity contribution in [3.63, 3.8) is 0 Å². The van der Waals surface area contributed by atoms with Crippen LogP contribution in [-0.4, -0.2) is 31.2 Å². The van der Waals surface area contributed by atoms with Crippen molar-refractivity contribution in [3.8, 4) is 0 Å². The van der Waals surface area contributed by atoms with E-state index in [4.69, 9.17) is 21.7 Å². The first-order valence-electron chi connectivity index (χ1n) is 6.19. The Hall–Kier alpha value is -0.690. The van der Waals surface area contributed by atoms with Gasteiger partial charge in [-0.1, -0.05) is 22.0 Å². The lowest BCUT2D eigenvalue weighted by atomic mass is 10.3. The van der Waals surface area contributed by atoms with Crippen molar-refractivity contribution in [2.45, 2.75) is 20.1 Å². The second-order valence-electron chi connectivity index (χ2n) is 3.69. The van der Waals surface area contributed by atoms with E-state index in [0.29, 0.717) is 24.9 Å². The smallest absolute Gasteiger partial charge is 0.174 e. The van der Waals surface area contributed by atoms with Gasteiger partial charge in [0.05, 0.1) is 6.54 Å². The SMILES string of the molecule is CCOC(CNC(=S)Nc1cccc(Br)c1)OCC. The van der Waals surface area contributed by atoms with Crippen molar-refractivity contribution < 1.29 is 9.47 Å². The first-order valence-corrected chi connectivity index (χ1v) is 7.39. The van der Waals surface area contributed by atoms with Gasteiger partial charge >= 0.3 is 0 Å². The standard InChI is InChI=1S/C13H19BrN2O2S/c1-3-17-12(18-4-2)9-15-13(19)16-11-7-5-6-10(14)8-11/h5-8,12H,3-4,9H2,1-2H3,(H2,15,16,19). The minimum absolute atomic E-state index is 0.280. The topological polar surface area (TPSA) is 42.5 Å². The molecule has 1 rings (SSSR count). The molecular formula is C13H19BrN2O2S. The van der Waals surface area contributed by atoms with Gasteiger partial charge < -0.3 is 20.1 Å². The van der Waals surface area contributed by atoms with Crippen LogP contribution in [0.25, 0.3) is 0 Å². The Morgan fingerprint density at radius 3 is 2.58 bits per heavy atom. The minimum Gasteiger partial charge on any atom is -0.357 e. The number of nitrogens with one attached hydrogen (secondary N) is 2. The lowest BCUT2D eigenvalue weighted by Gasteiger charge is -2.18. The fourth-order valence-electron chi connectivity index (χ4n) is 1.46. The Kier molecular flexibility index (Phi) is 7.97. The Bertz CT molecular complexity index is 398. The summed E-state index contributed by atoms with van der Waals surface area (Å²) in [6.45, 7) is 5.60. The number of hydrogen-bond acceptors (Lipinski definition) is 3. The molecule has 0 fully saturated rings. The fourth-order valence-corrected chi connectivity index (χ4v) is 2.06. The van der Waals surface area contributed by atoms with Crippen molar-refractivity contribution in [1.82, 2.24) is 5.32 Å². The van der Waals surface area contributed by atoms with Gasteiger partial charge in [0.1, 0.15) is 0 Å². The molecule has 6 heteroatoms. The maximum atomic E-state index is 5.42. The largest absolute Gasteiger partial charge is 0.357 e. The molecule has 19 heavy (non-hydrogen) atoms. The van der Waals surface area contributed by atoms with E-state index in [1.165, 1.54) is 0 Å². The number of halogens is 1. The summed E-state index contributed by atoms with van der Waals surface area (Å²) in [6.07, 6.45) is -0.280. The van der Waals surface area contributed by atoms with Gasteiger partial charge in [-0.15, -0.1) is 0 Å². The number of rotatable bonds is 7. The maximum absolute atomic E-state index is 5.42. The average Bonchev–Trinajstić information content (AvgIpc) is 2.36. The van der Waals surface area contributed by atoms with E-state index in [0.717, 1.165) is 10.2 Å². The van der Waals surface area contributed by atoms with Crippen LogP contribution in [0.15, 0.2) is 28.7 Å². The summed E-state index contributed by atoms with van der Waals surface area (Å²) < 4.78 is 11.8. The van der Waals surface area contributed by atoms with Crippen LogP contribution < -0.4 is 10.6 Å². The molecule has 0 spiro atoms. The lowest BCUT2D eigenvalue weighted by Crippen LogP contribution is -2.37. The van der Waals surface area contributed by atoms with E-state index in [-0.39, 0.29) is 6.29 Å². The molecule has 1 aromatic carbocycles. The molecule has 0 bridgehead atoms. The number of anilines is 1. The monoisotopic (exact) mass is 346 g/mol. The molecule has 0 amide bonds. The molecule has 2 N–H and O–H groups in total. The minimum atomic E-state index is -0.280. The Morgan fingerprint density at radius 2 is 2.00 bits per heavy atom. The molecule has 0 radical (unpaired) electrons. The Balaban J connectivity index is 2.38. The van der Waals surface area contributed by atoms with Crippen LogP contribution in [0.1, 0.15) is 13.8 Å². The normalized spacial score (nSPS) is 10.5. The van der Waals surface area contributed by atoms with E-state index >= 15 is 0 Å². The molecule has 106 valence electrons. The van der Waals surface area contributed by atoms with Crippen molar-refractivity contribution in [2.24, 2.45) is 0 Å². The van der Waals surface area contributed by atoms with E-state index in [9.17, 15) is 0 Å². The third kappa shape index (κ3) is 6.87. The second-order valence-corrected chi connectivity index (χ2v) is 5.01. The first-order chi connectivity index (χ1) is 9.15. The number of ether oxygens (including phenoxy) is 2. The van der Waals surface area contributed by atoms with E-state index in [2.05, 4.69) is 26.6 Å². The molecule has 0 aliphatic rings. The van der Waals surface area contributed by atoms with Crippen molar-refractivity contribution >= 4 is 38.9 Å². The molecular weight excluding hydrogens is 328 g/mol. The summed E-state index contributed by atoms with van der Waals surface area (Å²) in [7, 11) is 0. The molecule has 0 saturated carbocycles. The zero-order chi connectivity index (χ0) is 14.1. The summed E-state index contributed by atoms with van der Waals surface area (Å²) in [4.78, 5) is 0. The second kappa shape index (κ2) is 9.25. The predicted octanol–water partition coefficient (Wildman–Crippen LogP) is 3.13. The number of hydrogen-bond donors (Lipinski definition) is 2. The fraction of sp³-hybridized carbons (Fsp3) is 0.462. The Labute approximate surface area is 128 Å². The molecule has 1 aromatic rings.